The standard InChI is InChI=1S/C25H28ClFN4O6S2/c1-15-20(7-8-30(15)25(32)33)29(2)21-11-19(27)23(10-18(21)26)39(34,35)31(24-13-38-14-28-24)12-16-5-6-17(36-3)9-22(16)37-4/h5-6,9-11,13-15,20H,7-8,12H2,1-4H3,(H,32,33)/t15-,20-/m1/s1. The van der Waals surface area contributed by atoms with Crippen molar-refractivity contribution in [3.63, 3.8) is 0 Å². The van der Waals surface area contributed by atoms with E-state index in [1.54, 1.807) is 42.5 Å². The second kappa shape index (κ2) is 11.4. The predicted octanol–water partition coefficient (Wildman–Crippen LogP) is 4.93. The van der Waals surface area contributed by atoms with Crippen molar-refractivity contribution in [1.29, 1.82) is 0 Å². The van der Waals surface area contributed by atoms with Crippen molar-refractivity contribution < 1.29 is 32.2 Å². The number of likely N-dealkylation sites (tertiary alicyclic amines) is 1. The molecule has 0 unspecified atom stereocenters. The summed E-state index contributed by atoms with van der Waals surface area (Å²) in [5.74, 6) is 0.0349. The number of carbonyl (C=O) groups is 1. The Morgan fingerprint density at radius 3 is 2.62 bits per heavy atom. The summed E-state index contributed by atoms with van der Waals surface area (Å²) in [4.78, 5) is 18.0. The number of benzene rings is 2. The van der Waals surface area contributed by atoms with Gasteiger partial charge in [-0.05, 0) is 31.5 Å². The van der Waals surface area contributed by atoms with Crippen molar-refractivity contribution in [1.82, 2.24) is 9.88 Å². The van der Waals surface area contributed by atoms with E-state index in [-0.39, 0.29) is 35.2 Å². The van der Waals surface area contributed by atoms with E-state index in [2.05, 4.69) is 4.98 Å². The largest absolute Gasteiger partial charge is 0.497 e. The van der Waals surface area contributed by atoms with Crippen molar-refractivity contribution in [2.45, 2.75) is 36.9 Å². The van der Waals surface area contributed by atoms with Crippen molar-refractivity contribution in [3.05, 3.63) is 57.6 Å². The number of nitrogens with zero attached hydrogens (tertiary/aromatic N) is 4. The lowest BCUT2D eigenvalue weighted by molar-refractivity contribution is 0.141. The third-order valence-electron chi connectivity index (χ3n) is 6.89. The van der Waals surface area contributed by atoms with Crippen molar-refractivity contribution in [2.24, 2.45) is 0 Å². The number of methoxy groups -OCH3 is 2. The zero-order valence-electron chi connectivity index (χ0n) is 21.7. The van der Waals surface area contributed by atoms with E-state index in [0.29, 0.717) is 30.0 Å². The third kappa shape index (κ3) is 5.56. The van der Waals surface area contributed by atoms with Gasteiger partial charge in [0, 0.05) is 36.7 Å². The summed E-state index contributed by atoms with van der Waals surface area (Å²) in [6, 6.07) is 6.47. The van der Waals surface area contributed by atoms with Crippen LogP contribution in [0.1, 0.15) is 18.9 Å². The van der Waals surface area contributed by atoms with E-state index in [4.69, 9.17) is 21.1 Å². The molecular weight excluding hydrogens is 571 g/mol. The Balaban J connectivity index is 1.71. The summed E-state index contributed by atoms with van der Waals surface area (Å²) in [5, 5.41) is 11.0. The maximum absolute atomic E-state index is 15.6. The van der Waals surface area contributed by atoms with Crippen LogP contribution >= 0.6 is 22.9 Å². The van der Waals surface area contributed by atoms with Gasteiger partial charge in [-0.25, -0.2) is 26.9 Å². The summed E-state index contributed by atoms with van der Waals surface area (Å²) < 4.78 is 55.0. The number of anilines is 2. The van der Waals surface area contributed by atoms with Crippen LogP contribution in [0.2, 0.25) is 5.02 Å². The SMILES string of the molecule is COc1ccc(CN(c2cscn2)S(=O)(=O)c2cc(Cl)c(N(C)[C@@H]3CCN(C(=O)O)[C@@H]3C)cc2F)c(OC)c1. The van der Waals surface area contributed by atoms with E-state index in [1.807, 2.05) is 0 Å². The van der Waals surface area contributed by atoms with E-state index in [0.717, 1.165) is 16.4 Å². The molecule has 0 spiro atoms. The zero-order chi connectivity index (χ0) is 28.5. The number of hydrogen-bond acceptors (Lipinski definition) is 8. The molecule has 3 aromatic rings. The van der Waals surface area contributed by atoms with E-state index < -0.39 is 26.8 Å². The van der Waals surface area contributed by atoms with Crippen molar-refractivity contribution in [2.75, 3.05) is 37.0 Å². The molecule has 2 atom stereocenters. The topological polar surface area (TPSA) is 113 Å². The molecule has 14 heteroatoms. The minimum atomic E-state index is -4.48. The minimum Gasteiger partial charge on any atom is -0.497 e. The van der Waals surface area contributed by atoms with Gasteiger partial charge in [0.05, 0.1) is 49.1 Å². The molecule has 0 bridgehead atoms. The Kier molecular flexibility index (Phi) is 8.42. The van der Waals surface area contributed by atoms with E-state index >= 15 is 4.39 Å². The molecule has 10 nitrogen and oxygen atoms in total. The summed E-state index contributed by atoms with van der Waals surface area (Å²) in [7, 11) is 0.155. The van der Waals surface area contributed by atoms with Crippen molar-refractivity contribution in [3.8, 4) is 11.5 Å². The fourth-order valence-electron chi connectivity index (χ4n) is 4.75. The van der Waals surface area contributed by atoms with Gasteiger partial charge in [-0.15, -0.1) is 11.3 Å². The van der Waals surface area contributed by atoms with Crippen LogP contribution in [0.15, 0.2) is 46.1 Å². The molecule has 1 aliphatic rings. The fraction of sp³-hybridized carbons (Fsp3) is 0.360. The summed E-state index contributed by atoms with van der Waals surface area (Å²) in [6.07, 6.45) is -0.517. The highest BCUT2D eigenvalue weighted by Crippen LogP contribution is 2.37. The van der Waals surface area contributed by atoms with Crippen LogP contribution in [0.3, 0.4) is 0 Å². The number of amides is 1. The Morgan fingerprint density at radius 2 is 2.03 bits per heavy atom. The van der Waals surface area contributed by atoms with Gasteiger partial charge in [-0.3, -0.25) is 0 Å². The molecule has 0 saturated carbocycles. The molecule has 1 aromatic heterocycles. The van der Waals surface area contributed by atoms with Gasteiger partial charge in [0.25, 0.3) is 10.0 Å². The Hall–Kier alpha value is -3.29. The number of aromatic nitrogens is 1. The molecule has 210 valence electrons. The Bertz CT molecular complexity index is 1460. The second-order valence-electron chi connectivity index (χ2n) is 8.95. The van der Waals surface area contributed by atoms with Gasteiger partial charge in [0.1, 0.15) is 22.2 Å². The number of hydrogen-bond donors (Lipinski definition) is 1. The van der Waals surface area contributed by atoms with Crippen LogP contribution in [0.4, 0.5) is 20.7 Å². The van der Waals surface area contributed by atoms with Gasteiger partial charge in [-0.2, -0.15) is 0 Å². The van der Waals surface area contributed by atoms with Gasteiger partial charge in [0.2, 0.25) is 0 Å². The Labute approximate surface area is 235 Å². The smallest absolute Gasteiger partial charge is 0.407 e. The lowest BCUT2D eigenvalue weighted by Crippen LogP contribution is -2.43. The molecule has 39 heavy (non-hydrogen) atoms. The number of rotatable bonds is 9. The van der Waals surface area contributed by atoms with Gasteiger partial charge >= 0.3 is 6.09 Å². The second-order valence-corrected chi connectivity index (χ2v) is 11.9. The first-order valence-electron chi connectivity index (χ1n) is 11.8. The Morgan fingerprint density at radius 1 is 1.28 bits per heavy atom. The number of thiazole rings is 1. The van der Waals surface area contributed by atoms with Gasteiger partial charge in [-0.1, -0.05) is 11.6 Å². The third-order valence-corrected chi connectivity index (χ3v) is 9.53. The van der Waals surface area contributed by atoms with E-state index in [1.165, 1.54) is 36.0 Å². The average molecular weight is 599 g/mol. The van der Waals surface area contributed by atoms with Crippen LogP contribution in [-0.2, 0) is 16.6 Å². The molecule has 2 heterocycles. The van der Waals surface area contributed by atoms with E-state index in [9.17, 15) is 18.3 Å². The van der Waals surface area contributed by atoms with Crippen LogP contribution in [-0.4, -0.2) is 69.4 Å². The molecule has 1 amide bonds. The van der Waals surface area contributed by atoms with Gasteiger partial charge in [0.15, 0.2) is 5.82 Å². The van der Waals surface area contributed by atoms with Crippen LogP contribution < -0.4 is 18.7 Å². The number of carboxylic acid groups (broad SMARTS) is 1. The summed E-state index contributed by atoms with van der Waals surface area (Å²) in [6.45, 7) is 1.91. The molecule has 0 aliphatic carbocycles. The molecule has 1 fully saturated rings. The molecule has 1 saturated heterocycles. The number of likely N-dealkylation sites (N-methyl/N-ethyl adjacent to an activating group) is 1. The molecular formula is C25H28ClFN4O6S2. The zero-order valence-corrected chi connectivity index (χ0v) is 24.1. The van der Waals surface area contributed by atoms with Crippen LogP contribution in [0, 0.1) is 5.82 Å². The first-order valence-corrected chi connectivity index (χ1v) is 14.6. The lowest BCUT2D eigenvalue weighted by Gasteiger charge is -2.32. The number of sulfonamides is 1. The fourth-order valence-corrected chi connectivity index (χ4v) is 7.18. The predicted molar refractivity (Wildman–Crippen MR) is 147 cm³/mol. The minimum absolute atomic E-state index is 0.0127. The molecule has 1 N–H and O–H groups in total. The highest BCUT2D eigenvalue weighted by atomic mass is 35.5. The maximum Gasteiger partial charge on any atom is 0.407 e. The molecule has 0 radical (unpaired) electrons. The number of halogens is 2. The van der Waals surface area contributed by atoms with Crippen LogP contribution in [0.5, 0.6) is 11.5 Å². The van der Waals surface area contributed by atoms with Crippen molar-refractivity contribution >= 4 is 50.6 Å². The quantitative estimate of drug-likeness (QED) is 0.369. The first-order chi connectivity index (χ1) is 18.5. The number of ether oxygens (including phenoxy) is 2. The summed E-state index contributed by atoms with van der Waals surface area (Å²) >= 11 is 7.72. The normalized spacial score (nSPS) is 17.2. The maximum atomic E-state index is 15.6. The summed E-state index contributed by atoms with van der Waals surface area (Å²) in [5.41, 5.74) is 2.25. The highest BCUT2D eigenvalue weighted by Gasteiger charge is 2.38. The van der Waals surface area contributed by atoms with Gasteiger partial charge < -0.3 is 24.4 Å². The monoisotopic (exact) mass is 598 g/mol. The first kappa shape index (κ1) is 28.7. The molecule has 4 rings (SSSR count). The average Bonchev–Trinajstić information content (AvgIpc) is 3.57. The highest BCUT2D eigenvalue weighted by molar-refractivity contribution is 7.92. The molecule has 2 aromatic carbocycles. The van der Waals surface area contributed by atoms with Crippen LogP contribution in [0.25, 0.3) is 0 Å². The molecule has 1 aliphatic heterocycles. The lowest BCUT2D eigenvalue weighted by atomic mass is 10.1.